The lowest BCUT2D eigenvalue weighted by Gasteiger charge is -1.95. The second kappa shape index (κ2) is 7.59. The maximum Gasteiger partial charge on any atom is 0.107 e. The van der Waals surface area contributed by atoms with Gasteiger partial charge in [-0.2, -0.15) is 0 Å². The molecule has 1 atom stereocenters. The molecule has 0 aromatic heterocycles. The molecule has 0 radical (unpaired) electrons. The van der Waals surface area contributed by atoms with E-state index in [2.05, 4.69) is 18.8 Å². The molecular weight excluding hydrogens is 138 g/mol. The lowest BCUT2D eigenvalue weighted by Crippen LogP contribution is -2.11. The van der Waals surface area contributed by atoms with E-state index < -0.39 is 0 Å². The van der Waals surface area contributed by atoms with Crippen LogP contribution in [0.25, 0.3) is 0 Å². The van der Waals surface area contributed by atoms with Crippen molar-refractivity contribution in [2.75, 3.05) is 13.2 Å². The van der Waals surface area contributed by atoms with Crippen molar-refractivity contribution >= 4 is 0 Å². The Morgan fingerprint density at radius 3 is 2.82 bits per heavy atom. The summed E-state index contributed by atoms with van der Waals surface area (Å²) in [5.41, 5.74) is 5.40. The molecular formula is C9H17NO. The molecule has 0 saturated heterocycles. The zero-order valence-corrected chi connectivity index (χ0v) is 7.39. The molecule has 0 aliphatic rings. The van der Waals surface area contributed by atoms with Crippen molar-refractivity contribution in [3.63, 3.8) is 0 Å². The predicted molar refractivity (Wildman–Crippen MR) is 47.2 cm³/mol. The Labute approximate surface area is 69.1 Å². The van der Waals surface area contributed by atoms with Crippen LogP contribution in [-0.4, -0.2) is 19.3 Å². The van der Waals surface area contributed by atoms with Crippen LogP contribution in [0, 0.1) is 11.8 Å². The van der Waals surface area contributed by atoms with Gasteiger partial charge in [0.25, 0.3) is 0 Å². The van der Waals surface area contributed by atoms with Gasteiger partial charge in [0, 0.05) is 6.61 Å². The first-order chi connectivity index (χ1) is 5.27. The molecule has 2 N–H and O–H groups in total. The Morgan fingerprint density at radius 1 is 1.55 bits per heavy atom. The first-order valence-electron chi connectivity index (χ1n) is 4.09. The van der Waals surface area contributed by atoms with Crippen molar-refractivity contribution in [2.45, 2.75) is 32.7 Å². The molecule has 0 aliphatic carbocycles. The van der Waals surface area contributed by atoms with Crippen LogP contribution in [0.3, 0.4) is 0 Å². The minimum Gasteiger partial charge on any atom is -0.369 e. The van der Waals surface area contributed by atoms with E-state index in [1.165, 1.54) is 6.42 Å². The molecule has 0 amide bonds. The van der Waals surface area contributed by atoms with Gasteiger partial charge in [-0.25, -0.2) is 0 Å². The normalized spacial score (nSPS) is 11.9. The van der Waals surface area contributed by atoms with Gasteiger partial charge in [-0.1, -0.05) is 25.2 Å². The van der Waals surface area contributed by atoms with Gasteiger partial charge < -0.3 is 10.5 Å². The molecule has 0 aromatic rings. The molecule has 2 nitrogen and oxygen atoms in total. The molecule has 0 unspecified atom stereocenters. The van der Waals surface area contributed by atoms with Crippen LogP contribution in [0.15, 0.2) is 0 Å². The van der Waals surface area contributed by atoms with E-state index in [-0.39, 0.29) is 6.04 Å². The van der Waals surface area contributed by atoms with E-state index in [4.69, 9.17) is 10.5 Å². The van der Waals surface area contributed by atoms with Crippen molar-refractivity contribution < 1.29 is 4.74 Å². The first-order valence-corrected chi connectivity index (χ1v) is 4.09. The van der Waals surface area contributed by atoms with Crippen molar-refractivity contribution in [1.29, 1.82) is 0 Å². The number of nitrogens with two attached hydrogens (primary N) is 1. The van der Waals surface area contributed by atoms with Crippen LogP contribution in [0.5, 0.6) is 0 Å². The zero-order valence-electron chi connectivity index (χ0n) is 7.39. The Morgan fingerprint density at radius 2 is 2.27 bits per heavy atom. The summed E-state index contributed by atoms with van der Waals surface area (Å²) < 4.78 is 5.20. The molecule has 0 aromatic carbocycles. The molecule has 0 rings (SSSR count). The maximum absolute atomic E-state index is 5.40. The monoisotopic (exact) mass is 155 g/mol. The van der Waals surface area contributed by atoms with Crippen LogP contribution >= 0.6 is 0 Å². The third kappa shape index (κ3) is 9.48. The molecule has 0 fully saturated rings. The van der Waals surface area contributed by atoms with Gasteiger partial charge in [-0.3, -0.25) is 0 Å². The zero-order chi connectivity index (χ0) is 8.53. The standard InChI is InChI=1S/C9H17NO/c1-3-4-7-11-8-5-6-9(2)10/h9H,3-4,7-8,10H2,1-2H3/t9-/m1/s1. The molecule has 0 bridgehead atoms. The third-order valence-electron chi connectivity index (χ3n) is 1.15. The number of unbranched alkanes of at least 4 members (excludes halogenated alkanes) is 1. The highest BCUT2D eigenvalue weighted by molar-refractivity contribution is 5.04. The third-order valence-corrected chi connectivity index (χ3v) is 1.15. The topological polar surface area (TPSA) is 35.2 Å². The Hall–Kier alpha value is -0.520. The maximum atomic E-state index is 5.40. The highest BCUT2D eigenvalue weighted by Gasteiger charge is 1.83. The van der Waals surface area contributed by atoms with Crippen LogP contribution in [0.1, 0.15) is 26.7 Å². The van der Waals surface area contributed by atoms with Crippen molar-refractivity contribution in [1.82, 2.24) is 0 Å². The van der Waals surface area contributed by atoms with E-state index in [9.17, 15) is 0 Å². The summed E-state index contributed by atoms with van der Waals surface area (Å²) >= 11 is 0. The average Bonchev–Trinajstić information content (AvgIpc) is 1.96. The van der Waals surface area contributed by atoms with Gasteiger partial charge in [0.1, 0.15) is 6.61 Å². The van der Waals surface area contributed by atoms with E-state index >= 15 is 0 Å². The highest BCUT2D eigenvalue weighted by Crippen LogP contribution is 1.86. The lowest BCUT2D eigenvalue weighted by molar-refractivity contribution is 0.163. The fourth-order valence-corrected chi connectivity index (χ4v) is 0.572. The van der Waals surface area contributed by atoms with Gasteiger partial charge >= 0.3 is 0 Å². The molecule has 0 spiro atoms. The smallest absolute Gasteiger partial charge is 0.107 e. The fourth-order valence-electron chi connectivity index (χ4n) is 0.572. The number of hydrogen-bond acceptors (Lipinski definition) is 2. The highest BCUT2D eigenvalue weighted by atomic mass is 16.5. The number of ether oxygens (including phenoxy) is 1. The van der Waals surface area contributed by atoms with Crippen LogP contribution in [0.2, 0.25) is 0 Å². The summed E-state index contributed by atoms with van der Waals surface area (Å²) in [6.45, 7) is 5.32. The van der Waals surface area contributed by atoms with Gasteiger partial charge in [-0.15, -0.1) is 0 Å². The summed E-state index contributed by atoms with van der Waals surface area (Å²) in [6, 6.07) is -0.0372. The molecule has 0 aliphatic heterocycles. The van der Waals surface area contributed by atoms with Crippen molar-refractivity contribution in [3.05, 3.63) is 0 Å². The van der Waals surface area contributed by atoms with Gasteiger partial charge in [0.05, 0.1) is 6.04 Å². The van der Waals surface area contributed by atoms with E-state index in [1.807, 2.05) is 6.92 Å². The molecule has 2 heteroatoms. The van der Waals surface area contributed by atoms with E-state index in [1.54, 1.807) is 0 Å². The summed E-state index contributed by atoms with van der Waals surface area (Å²) in [4.78, 5) is 0. The average molecular weight is 155 g/mol. The molecule has 11 heavy (non-hydrogen) atoms. The summed E-state index contributed by atoms with van der Waals surface area (Å²) in [5.74, 6) is 5.67. The van der Waals surface area contributed by atoms with Crippen LogP contribution < -0.4 is 5.73 Å². The minimum atomic E-state index is -0.0372. The predicted octanol–water partition coefficient (Wildman–Crippen LogP) is 1.15. The second-order valence-corrected chi connectivity index (χ2v) is 2.52. The number of hydrogen-bond donors (Lipinski definition) is 1. The van der Waals surface area contributed by atoms with Gasteiger partial charge in [0.15, 0.2) is 0 Å². The van der Waals surface area contributed by atoms with Gasteiger partial charge in [0.2, 0.25) is 0 Å². The van der Waals surface area contributed by atoms with Crippen molar-refractivity contribution in [2.24, 2.45) is 5.73 Å². The Balaban J connectivity index is 3.09. The van der Waals surface area contributed by atoms with E-state index in [0.717, 1.165) is 13.0 Å². The summed E-state index contributed by atoms with van der Waals surface area (Å²) in [7, 11) is 0. The lowest BCUT2D eigenvalue weighted by atomic mass is 10.3. The SMILES string of the molecule is CCCCOCC#C[C@@H](C)N. The van der Waals surface area contributed by atoms with Crippen LogP contribution in [0.4, 0.5) is 0 Å². The van der Waals surface area contributed by atoms with Crippen molar-refractivity contribution in [3.8, 4) is 11.8 Å². The summed E-state index contributed by atoms with van der Waals surface area (Å²) in [6.07, 6.45) is 2.28. The Bertz CT molecular complexity index is 132. The van der Waals surface area contributed by atoms with Gasteiger partial charge in [-0.05, 0) is 13.3 Å². The van der Waals surface area contributed by atoms with E-state index in [0.29, 0.717) is 6.61 Å². The molecule has 0 saturated carbocycles. The fraction of sp³-hybridized carbons (Fsp3) is 0.778. The minimum absolute atomic E-state index is 0.0372. The largest absolute Gasteiger partial charge is 0.369 e. The quantitative estimate of drug-likeness (QED) is 0.488. The number of rotatable bonds is 4. The molecule has 0 heterocycles. The summed E-state index contributed by atoms with van der Waals surface area (Å²) in [5, 5.41) is 0. The molecule has 64 valence electrons. The first kappa shape index (κ1) is 10.5. The Kier molecular flexibility index (Phi) is 7.23. The second-order valence-electron chi connectivity index (χ2n) is 2.52. The van der Waals surface area contributed by atoms with Crippen LogP contribution in [-0.2, 0) is 4.74 Å².